The average molecular weight is 224 g/mol. The van der Waals surface area contributed by atoms with Crippen molar-refractivity contribution in [2.24, 2.45) is 7.05 Å². The zero-order valence-electron chi connectivity index (χ0n) is 7.50. The van der Waals surface area contributed by atoms with Crippen molar-refractivity contribution in [1.82, 2.24) is 14.5 Å². The quantitative estimate of drug-likeness (QED) is 0.784. The van der Waals surface area contributed by atoms with E-state index >= 15 is 0 Å². The lowest BCUT2D eigenvalue weighted by molar-refractivity contribution is 0.587. The smallest absolute Gasteiger partial charge is 0.245 e. The van der Waals surface area contributed by atoms with Crippen molar-refractivity contribution in [3.63, 3.8) is 0 Å². The van der Waals surface area contributed by atoms with Gasteiger partial charge in [-0.2, -0.15) is 5.10 Å². The molecule has 0 radical (unpaired) electrons. The summed E-state index contributed by atoms with van der Waals surface area (Å²) in [5.41, 5.74) is 0.391. The van der Waals surface area contributed by atoms with Crippen LogP contribution in [0.5, 0.6) is 0 Å². The van der Waals surface area contributed by atoms with E-state index < -0.39 is 10.0 Å². The maximum absolute atomic E-state index is 11.4. The summed E-state index contributed by atoms with van der Waals surface area (Å²) >= 11 is 5.76. The van der Waals surface area contributed by atoms with Crippen LogP contribution >= 0.6 is 11.6 Å². The lowest BCUT2D eigenvalue weighted by Gasteiger charge is -2.00. The molecule has 5 nitrogen and oxygen atoms in total. The molecule has 0 aromatic carbocycles. The number of aryl methyl sites for hydroxylation is 2. The zero-order chi connectivity index (χ0) is 10.2. The Hall–Kier alpha value is -0.590. The van der Waals surface area contributed by atoms with Gasteiger partial charge in [0.15, 0.2) is 0 Å². The summed E-state index contributed by atoms with van der Waals surface area (Å²) in [6.45, 7) is 1.59. The molecule has 0 saturated heterocycles. The van der Waals surface area contributed by atoms with Crippen molar-refractivity contribution < 1.29 is 8.42 Å². The number of nitrogens with zero attached hydrogens (tertiary/aromatic N) is 2. The van der Waals surface area contributed by atoms with Crippen LogP contribution in [0.3, 0.4) is 0 Å². The van der Waals surface area contributed by atoms with Gasteiger partial charge >= 0.3 is 0 Å². The Balaban J connectivity index is 3.47. The normalized spacial score (nSPS) is 12.0. The fourth-order valence-corrected chi connectivity index (χ4v) is 2.48. The van der Waals surface area contributed by atoms with E-state index in [-0.39, 0.29) is 10.0 Å². The highest BCUT2D eigenvalue weighted by atomic mass is 35.5. The van der Waals surface area contributed by atoms with Gasteiger partial charge in [0.25, 0.3) is 0 Å². The Labute approximate surface area is 81.7 Å². The molecule has 0 unspecified atom stereocenters. The zero-order valence-corrected chi connectivity index (χ0v) is 9.07. The molecular formula is C6H10ClN3O2S. The second-order valence-corrected chi connectivity index (χ2v) is 4.72. The van der Waals surface area contributed by atoms with Crippen LogP contribution < -0.4 is 4.72 Å². The third kappa shape index (κ3) is 1.70. The van der Waals surface area contributed by atoms with Gasteiger partial charge in [-0.3, -0.25) is 4.68 Å². The Kier molecular flexibility index (Phi) is 2.65. The Morgan fingerprint density at radius 3 is 2.38 bits per heavy atom. The molecule has 13 heavy (non-hydrogen) atoms. The second kappa shape index (κ2) is 3.28. The van der Waals surface area contributed by atoms with E-state index in [9.17, 15) is 8.42 Å². The van der Waals surface area contributed by atoms with Gasteiger partial charge in [-0.15, -0.1) is 0 Å². The number of nitrogens with one attached hydrogen (secondary N) is 1. The van der Waals surface area contributed by atoms with Crippen molar-refractivity contribution in [1.29, 1.82) is 0 Å². The molecule has 0 bridgehead atoms. The number of aromatic nitrogens is 2. The Morgan fingerprint density at radius 1 is 1.54 bits per heavy atom. The summed E-state index contributed by atoms with van der Waals surface area (Å²) in [5.74, 6) is 0. The minimum absolute atomic E-state index is 0.0409. The van der Waals surface area contributed by atoms with E-state index in [1.54, 1.807) is 14.0 Å². The van der Waals surface area contributed by atoms with Crippen molar-refractivity contribution in [3.05, 3.63) is 10.8 Å². The average Bonchev–Trinajstić information content (AvgIpc) is 2.27. The molecule has 0 amide bonds. The summed E-state index contributed by atoms with van der Waals surface area (Å²) in [5, 5.41) is 4.01. The van der Waals surface area contributed by atoms with Crippen LogP contribution in [0.25, 0.3) is 0 Å². The van der Waals surface area contributed by atoms with E-state index in [1.165, 1.54) is 11.7 Å². The number of hydrogen-bond acceptors (Lipinski definition) is 3. The standard InChI is InChI=1S/C6H10ClN3O2S/c1-4-5(13(11,12)8-2)6(7)10(3)9-4/h8H,1-3H3. The van der Waals surface area contributed by atoms with E-state index in [2.05, 4.69) is 9.82 Å². The third-order valence-corrected chi connectivity index (χ3v) is 3.75. The van der Waals surface area contributed by atoms with Crippen molar-refractivity contribution in [2.45, 2.75) is 11.8 Å². The van der Waals surface area contributed by atoms with Gasteiger partial charge in [0.05, 0.1) is 5.69 Å². The molecule has 0 aliphatic rings. The lowest BCUT2D eigenvalue weighted by atomic mass is 10.5. The van der Waals surface area contributed by atoms with Crippen LogP contribution in [0.2, 0.25) is 5.15 Å². The molecule has 1 aromatic rings. The molecule has 74 valence electrons. The minimum Gasteiger partial charge on any atom is -0.255 e. The van der Waals surface area contributed by atoms with Crippen LogP contribution in [0.1, 0.15) is 5.69 Å². The van der Waals surface area contributed by atoms with Gasteiger partial charge < -0.3 is 0 Å². The summed E-state index contributed by atoms with van der Waals surface area (Å²) < 4.78 is 26.3. The Morgan fingerprint density at radius 2 is 2.08 bits per heavy atom. The maximum atomic E-state index is 11.4. The van der Waals surface area contributed by atoms with Crippen molar-refractivity contribution >= 4 is 21.6 Å². The van der Waals surface area contributed by atoms with Crippen molar-refractivity contribution in [2.75, 3.05) is 7.05 Å². The first-order chi connectivity index (χ1) is 5.90. The Bertz CT molecular complexity index is 423. The molecule has 7 heteroatoms. The number of hydrogen-bond donors (Lipinski definition) is 1. The van der Waals surface area contributed by atoms with Crippen LogP contribution in [-0.2, 0) is 17.1 Å². The summed E-state index contributed by atoms with van der Waals surface area (Å²) in [6, 6.07) is 0. The molecule has 0 atom stereocenters. The van der Waals surface area contributed by atoms with E-state index in [4.69, 9.17) is 11.6 Å². The van der Waals surface area contributed by atoms with Crippen LogP contribution in [0.15, 0.2) is 4.90 Å². The second-order valence-electron chi connectivity index (χ2n) is 2.54. The molecule has 1 rings (SSSR count). The van der Waals surface area contributed by atoms with Gasteiger partial charge in [0.1, 0.15) is 10.0 Å². The predicted molar refractivity (Wildman–Crippen MR) is 49.2 cm³/mol. The topological polar surface area (TPSA) is 64.0 Å². The summed E-state index contributed by atoms with van der Waals surface area (Å²) in [7, 11) is -0.585. The highest BCUT2D eigenvalue weighted by Crippen LogP contribution is 2.23. The van der Waals surface area contributed by atoms with E-state index in [0.29, 0.717) is 5.69 Å². The highest BCUT2D eigenvalue weighted by Gasteiger charge is 2.23. The highest BCUT2D eigenvalue weighted by molar-refractivity contribution is 7.89. The molecule has 0 spiro atoms. The molecule has 0 aliphatic carbocycles. The minimum atomic E-state index is -3.50. The van der Waals surface area contributed by atoms with Gasteiger partial charge in [-0.1, -0.05) is 11.6 Å². The van der Waals surface area contributed by atoms with E-state index in [1.807, 2.05) is 0 Å². The third-order valence-electron chi connectivity index (χ3n) is 1.64. The van der Waals surface area contributed by atoms with Gasteiger partial charge in [-0.25, -0.2) is 13.1 Å². The monoisotopic (exact) mass is 223 g/mol. The van der Waals surface area contributed by atoms with Crippen LogP contribution in [0, 0.1) is 6.92 Å². The number of halogens is 1. The largest absolute Gasteiger partial charge is 0.255 e. The maximum Gasteiger partial charge on any atom is 0.245 e. The van der Waals surface area contributed by atoms with Gasteiger partial charge in [0, 0.05) is 7.05 Å². The summed E-state index contributed by atoms with van der Waals surface area (Å²) in [4.78, 5) is 0.0409. The fraction of sp³-hybridized carbons (Fsp3) is 0.500. The molecule has 1 heterocycles. The first kappa shape index (κ1) is 10.5. The first-order valence-corrected chi connectivity index (χ1v) is 5.39. The van der Waals surface area contributed by atoms with E-state index in [0.717, 1.165) is 0 Å². The molecule has 0 fully saturated rings. The number of sulfonamides is 1. The number of rotatable bonds is 2. The summed E-state index contributed by atoms with van der Waals surface area (Å²) in [6.07, 6.45) is 0. The molecular weight excluding hydrogens is 214 g/mol. The molecule has 1 aromatic heterocycles. The van der Waals surface area contributed by atoms with Gasteiger partial charge in [-0.05, 0) is 14.0 Å². The van der Waals surface area contributed by atoms with Crippen molar-refractivity contribution in [3.8, 4) is 0 Å². The molecule has 1 N–H and O–H groups in total. The van der Waals surface area contributed by atoms with Crippen LogP contribution in [-0.4, -0.2) is 25.2 Å². The van der Waals surface area contributed by atoms with Crippen LogP contribution in [0.4, 0.5) is 0 Å². The first-order valence-electron chi connectivity index (χ1n) is 3.52. The SMILES string of the molecule is CNS(=O)(=O)c1c(C)nn(C)c1Cl. The predicted octanol–water partition coefficient (Wildman–Crippen LogP) is 0.290. The fourth-order valence-electron chi connectivity index (χ4n) is 1.02. The lowest BCUT2D eigenvalue weighted by Crippen LogP contribution is -2.19. The molecule has 0 saturated carbocycles. The molecule has 0 aliphatic heterocycles. The van der Waals surface area contributed by atoms with Gasteiger partial charge in [0.2, 0.25) is 10.0 Å².